The van der Waals surface area contributed by atoms with E-state index in [0.717, 1.165) is 11.1 Å². The number of Topliss-reactive ketones (excluding diaryl/α,β-unsaturated/α-hetero) is 1. The third-order valence-corrected chi connectivity index (χ3v) is 4.19. The fourth-order valence-electron chi connectivity index (χ4n) is 2.67. The highest BCUT2D eigenvalue weighted by molar-refractivity contribution is 6.00. The number of methoxy groups -OCH3 is 1. The third-order valence-electron chi connectivity index (χ3n) is 4.19. The molecule has 1 N–H and O–H groups in total. The maximum atomic E-state index is 12.4. The number of carbonyl (C=O) groups is 2. The van der Waals surface area contributed by atoms with Crippen molar-refractivity contribution >= 4 is 11.7 Å². The Kier molecular flexibility index (Phi) is 6.11. The Morgan fingerprint density at radius 2 is 2.04 bits per heavy atom. The van der Waals surface area contributed by atoms with E-state index in [-0.39, 0.29) is 24.5 Å². The first-order chi connectivity index (χ1) is 13.6. The van der Waals surface area contributed by atoms with Gasteiger partial charge in [0.1, 0.15) is 18.4 Å². The van der Waals surface area contributed by atoms with Gasteiger partial charge in [-0.2, -0.15) is 5.10 Å². The van der Waals surface area contributed by atoms with Crippen LogP contribution in [0.5, 0.6) is 5.75 Å². The molecule has 0 fully saturated rings. The zero-order valence-corrected chi connectivity index (χ0v) is 15.8. The number of hydrogen-bond donors (Lipinski definition) is 1. The molecule has 3 rings (SSSR count). The van der Waals surface area contributed by atoms with Crippen LogP contribution in [-0.4, -0.2) is 38.5 Å². The summed E-state index contributed by atoms with van der Waals surface area (Å²) in [5.74, 6) is 0.856. The van der Waals surface area contributed by atoms with Gasteiger partial charge < -0.3 is 10.1 Å². The van der Waals surface area contributed by atoms with E-state index in [1.54, 1.807) is 35.4 Å². The molecular weight excluding hydrogens is 358 g/mol. The van der Waals surface area contributed by atoms with Gasteiger partial charge in [0, 0.05) is 25.6 Å². The summed E-state index contributed by atoms with van der Waals surface area (Å²) in [5.41, 5.74) is 2.32. The molecule has 0 saturated carbocycles. The number of aryl methyl sites for hydroxylation is 1. The summed E-state index contributed by atoms with van der Waals surface area (Å²) in [5, 5.41) is 6.81. The first kappa shape index (κ1) is 19.2. The largest absolute Gasteiger partial charge is 0.496 e. The predicted molar refractivity (Wildman–Crippen MR) is 102 cm³/mol. The number of amides is 1. The summed E-state index contributed by atoms with van der Waals surface area (Å²) in [6.07, 6.45) is 4.89. The minimum atomic E-state index is -0.194. The Morgan fingerprint density at radius 3 is 2.71 bits per heavy atom. The third kappa shape index (κ3) is 4.79. The molecular formula is C20H21N5O3. The summed E-state index contributed by atoms with van der Waals surface area (Å²) in [7, 11) is 1.52. The van der Waals surface area contributed by atoms with E-state index in [1.807, 2.05) is 19.1 Å². The minimum absolute atomic E-state index is 0.112. The van der Waals surface area contributed by atoms with Crippen LogP contribution in [0.2, 0.25) is 0 Å². The lowest BCUT2D eigenvalue weighted by Gasteiger charge is -2.09. The van der Waals surface area contributed by atoms with Crippen molar-refractivity contribution in [3.8, 4) is 11.6 Å². The van der Waals surface area contributed by atoms with Gasteiger partial charge in [-0.1, -0.05) is 17.7 Å². The van der Waals surface area contributed by atoms with Crippen LogP contribution in [0, 0.1) is 6.92 Å². The van der Waals surface area contributed by atoms with Crippen molar-refractivity contribution < 1.29 is 14.3 Å². The van der Waals surface area contributed by atoms with E-state index < -0.39 is 0 Å². The van der Waals surface area contributed by atoms with E-state index >= 15 is 0 Å². The molecule has 8 heteroatoms. The highest BCUT2D eigenvalue weighted by atomic mass is 16.5. The molecule has 0 aliphatic carbocycles. The summed E-state index contributed by atoms with van der Waals surface area (Å²) < 4.78 is 6.78. The Hall–Kier alpha value is -3.55. The van der Waals surface area contributed by atoms with Crippen LogP contribution >= 0.6 is 0 Å². The van der Waals surface area contributed by atoms with Crippen molar-refractivity contribution in [3.63, 3.8) is 0 Å². The number of rotatable bonds is 8. The number of ether oxygens (including phenoxy) is 1. The van der Waals surface area contributed by atoms with Crippen molar-refractivity contribution in [2.24, 2.45) is 0 Å². The van der Waals surface area contributed by atoms with Crippen molar-refractivity contribution in [3.05, 3.63) is 65.9 Å². The van der Waals surface area contributed by atoms with Gasteiger partial charge in [-0.3, -0.25) is 9.59 Å². The molecule has 2 aromatic heterocycles. The van der Waals surface area contributed by atoms with Crippen LogP contribution in [0.4, 0.5) is 0 Å². The predicted octanol–water partition coefficient (Wildman–Crippen LogP) is 2.26. The van der Waals surface area contributed by atoms with Gasteiger partial charge in [-0.15, -0.1) is 0 Å². The second-order valence-electron chi connectivity index (χ2n) is 6.27. The second kappa shape index (κ2) is 8.90. The lowest BCUT2D eigenvalue weighted by molar-refractivity contribution is -0.121. The summed E-state index contributed by atoms with van der Waals surface area (Å²) in [4.78, 5) is 32.7. The normalized spacial score (nSPS) is 10.5. The molecule has 28 heavy (non-hydrogen) atoms. The molecule has 0 atom stereocenters. The second-order valence-corrected chi connectivity index (χ2v) is 6.27. The zero-order chi connectivity index (χ0) is 19.9. The highest BCUT2D eigenvalue weighted by Gasteiger charge is 2.14. The molecule has 0 aliphatic heterocycles. The van der Waals surface area contributed by atoms with Gasteiger partial charge in [0.05, 0.1) is 12.7 Å². The average molecular weight is 379 g/mol. The molecule has 0 radical (unpaired) electrons. The minimum Gasteiger partial charge on any atom is -0.496 e. The number of carbonyl (C=O) groups excluding carboxylic acids is 2. The van der Waals surface area contributed by atoms with Gasteiger partial charge in [0.25, 0.3) is 0 Å². The lowest BCUT2D eigenvalue weighted by Crippen LogP contribution is -2.23. The number of ketones is 1. The van der Waals surface area contributed by atoms with Crippen LogP contribution in [-0.2, 0) is 11.3 Å². The number of pyridine rings is 1. The number of aromatic nitrogens is 4. The smallest absolute Gasteiger partial charge is 0.220 e. The van der Waals surface area contributed by atoms with E-state index in [2.05, 4.69) is 20.4 Å². The van der Waals surface area contributed by atoms with Crippen LogP contribution < -0.4 is 10.1 Å². The van der Waals surface area contributed by atoms with Crippen LogP contribution in [0.3, 0.4) is 0 Å². The molecule has 0 spiro atoms. The van der Waals surface area contributed by atoms with Gasteiger partial charge in [0.15, 0.2) is 11.6 Å². The summed E-state index contributed by atoms with van der Waals surface area (Å²) >= 11 is 0. The van der Waals surface area contributed by atoms with E-state index in [0.29, 0.717) is 23.7 Å². The van der Waals surface area contributed by atoms with Crippen LogP contribution in [0.1, 0.15) is 34.3 Å². The quantitative estimate of drug-likeness (QED) is 0.603. The molecule has 1 amide bonds. The summed E-state index contributed by atoms with van der Waals surface area (Å²) in [6, 6.07) is 9.07. The topological polar surface area (TPSA) is 99.0 Å². The molecule has 144 valence electrons. The van der Waals surface area contributed by atoms with Crippen molar-refractivity contribution in [2.75, 3.05) is 7.11 Å². The van der Waals surface area contributed by atoms with E-state index in [4.69, 9.17) is 4.74 Å². The van der Waals surface area contributed by atoms with Gasteiger partial charge in [-0.25, -0.2) is 14.6 Å². The number of hydrogen-bond acceptors (Lipinski definition) is 6. The first-order valence-electron chi connectivity index (χ1n) is 8.81. The first-order valence-corrected chi connectivity index (χ1v) is 8.81. The fraction of sp³-hybridized carbons (Fsp3) is 0.250. The van der Waals surface area contributed by atoms with Crippen LogP contribution in [0.25, 0.3) is 5.82 Å². The molecule has 3 aromatic rings. The van der Waals surface area contributed by atoms with E-state index in [9.17, 15) is 9.59 Å². The maximum absolute atomic E-state index is 12.4. The van der Waals surface area contributed by atoms with Crippen molar-refractivity contribution in [2.45, 2.75) is 26.3 Å². The lowest BCUT2D eigenvalue weighted by atomic mass is 10.0. The van der Waals surface area contributed by atoms with E-state index in [1.165, 1.54) is 13.4 Å². The molecule has 0 bridgehead atoms. The van der Waals surface area contributed by atoms with Crippen molar-refractivity contribution in [1.82, 2.24) is 25.1 Å². The van der Waals surface area contributed by atoms with Crippen molar-refractivity contribution in [1.29, 1.82) is 0 Å². The monoisotopic (exact) mass is 379 g/mol. The molecule has 0 saturated heterocycles. The molecule has 8 nitrogen and oxygen atoms in total. The molecule has 0 unspecified atom stereocenters. The molecule has 1 aromatic carbocycles. The zero-order valence-electron chi connectivity index (χ0n) is 15.8. The Labute approximate surface area is 162 Å². The number of nitrogens with one attached hydrogen (secondary N) is 1. The van der Waals surface area contributed by atoms with Gasteiger partial charge >= 0.3 is 0 Å². The Bertz CT molecular complexity index is 952. The number of nitrogens with zero attached hydrogens (tertiary/aromatic N) is 4. The molecule has 0 aliphatic rings. The Balaban J connectivity index is 1.49. The number of benzene rings is 1. The average Bonchev–Trinajstić information content (AvgIpc) is 3.25. The summed E-state index contributed by atoms with van der Waals surface area (Å²) in [6.45, 7) is 2.25. The van der Waals surface area contributed by atoms with Gasteiger partial charge in [-0.05, 0) is 30.7 Å². The fourth-order valence-corrected chi connectivity index (χ4v) is 2.67. The standard InChI is InChI=1S/C20H21N5O3/c1-14-3-6-18(28-2)16(9-14)17(26)5-8-20(27)23-11-15-4-7-19(22-10-15)25-13-21-12-24-25/h3-4,6-7,9-10,12-13H,5,8,11H2,1-2H3,(H,23,27). The Morgan fingerprint density at radius 1 is 1.18 bits per heavy atom. The van der Waals surface area contributed by atoms with Crippen LogP contribution in [0.15, 0.2) is 49.2 Å². The molecule has 2 heterocycles. The SMILES string of the molecule is COc1ccc(C)cc1C(=O)CCC(=O)NCc1ccc(-n2cncn2)nc1. The maximum Gasteiger partial charge on any atom is 0.220 e. The van der Waals surface area contributed by atoms with Gasteiger partial charge in [0.2, 0.25) is 5.91 Å². The highest BCUT2D eigenvalue weighted by Crippen LogP contribution is 2.21.